The highest BCUT2D eigenvalue weighted by Gasteiger charge is 2.30. The van der Waals surface area contributed by atoms with Gasteiger partial charge in [-0.15, -0.1) is 21.5 Å². The van der Waals surface area contributed by atoms with Gasteiger partial charge >= 0.3 is 5.97 Å². The van der Waals surface area contributed by atoms with Crippen LogP contribution in [0.3, 0.4) is 0 Å². The normalized spacial score (nSPS) is 17.4. The topological polar surface area (TPSA) is 81.2 Å². The summed E-state index contributed by atoms with van der Waals surface area (Å²) in [6.45, 7) is 6.14. The molecule has 0 unspecified atom stereocenters. The van der Waals surface area contributed by atoms with E-state index in [9.17, 15) is 9.59 Å². The van der Waals surface area contributed by atoms with Crippen LogP contribution in [0, 0.1) is 5.92 Å². The molecule has 2 aromatic heterocycles. The van der Waals surface area contributed by atoms with E-state index < -0.39 is 0 Å². The van der Waals surface area contributed by atoms with E-state index in [1.54, 1.807) is 12.4 Å². The molecule has 140 valence electrons. The van der Waals surface area contributed by atoms with E-state index in [4.69, 9.17) is 4.74 Å². The quantitative estimate of drug-likeness (QED) is 0.571. The van der Waals surface area contributed by atoms with E-state index in [0.29, 0.717) is 23.1 Å². The fourth-order valence-corrected chi connectivity index (χ4v) is 5.92. The van der Waals surface area contributed by atoms with E-state index >= 15 is 0 Å². The van der Waals surface area contributed by atoms with Gasteiger partial charge < -0.3 is 10.1 Å². The second kappa shape index (κ2) is 8.49. The molecule has 0 saturated carbocycles. The molecule has 6 nitrogen and oxygen atoms in total. The summed E-state index contributed by atoms with van der Waals surface area (Å²) in [5.74, 6) is 0.0910. The summed E-state index contributed by atoms with van der Waals surface area (Å²) in [4.78, 5) is 26.3. The molecule has 1 amide bonds. The molecule has 9 heteroatoms. The minimum Gasteiger partial charge on any atom is -0.462 e. The van der Waals surface area contributed by atoms with Gasteiger partial charge in [-0.05, 0) is 44.6 Å². The molecule has 0 aliphatic heterocycles. The molecular formula is C17H21N3O3S3. The monoisotopic (exact) mass is 411 g/mol. The highest BCUT2D eigenvalue weighted by Crippen LogP contribution is 2.40. The molecule has 3 rings (SSSR count). The van der Waals surface area contributed by atoms with Crippen LogP contribution in [0.4, 0.5) is 5.00 Å². The first-order valence-electron chi connectivity index (χ1n) is 8.54. The largest absolute Gasteiger partial charge is 0.462 e. The van der Waals surface area contributed by atoms with Crippen LogP contribution in [0.25, 0.3) is 0 Å². The van der Waals surface area contributed by atoms with Gasteiger partial charge in [0.25, 0.3) is 0 Å². The number of hydrogen-bond donors (Lipinski definition) is 1. The Morgan fingerprint density at radius 1 is 1.50 bits per heavy atom. The molecule has 2 heterocycles. The number of nitrogens with one attached hydrogen (secondary N) is 1. The molecule has 0 spiro atoms. The Hall–Kier alpha value is -1.45. The smallest absolute Gasteiger partial charge is 0.341 e. The van der Waals surface area contributed by atoms with Gasteiger partial charge in [0.1, 0.15) is 10.5 Å². The lowest BCUT2D eigenvalue weighted by molar-refractivity contribution is -0.115. The van der Waals surface area contributed by atoms with E-state index in [-0.39, 0.29) is 17.1 Å². The van der Waals surface area contributed by atoms with Crippen LogP contribution in [-0.4, -0.2) is 33.9 Å². The molecule has 2 aromatic rings. The van der Waals surface area contributed by atoms with Crippen molar-refractivity contribution in [2.45, 2.75) is 49.6 Å². The fourth-order valence-electron chi connectivity index (χ4n) is 2.89. The Balaban J connectivity index is 1.81. The highest BCUT2D eigenvalue weighted by molar-refractivity contribution is 8.02. The SMILES string of the molecule is CCOC(=O)c1c(NC(=O)[C@H](C)Sc2nncs2)sc2c1CC[C@H](C)C2. The first-order chi connectivity index (χ1) is 12.5. The Bertz CT molecular complexity index is 789. The van der Waals surface area contributed by atoms with Crippen LogP contribution in [0.5, 0.6) is 0 Å². The molecule has 1 N–H and O–H groups in total. The first-order valence-corrected chi connectivity index (χ1v) is 11.1. The van der Waals surface area contributed by atoms with Gasteiger partial charge in [0.15, 0.2) is 4.34 Å². The van der Waals surface area contributed by atoms with Gasteiger partial charge in [0.05, 0.1) is 17.4 Å². The van der Waals surface area contributed by atoms with E-state index in [2.05, 4.69) is 22.4 Å². The summed E-state index contributed by atoms with van der Waals surface area (Å²) >= 11 is 4.27. The van der Waals surface area contributed by atoms with Crippen LogP contribution in [-0.2, 0) is 22.4 Å². The highest BCUT2D eigenvalue weighted by atomic mass is 32.2. The molecule has 2 atom stereocenters. The number of aromatic nitrogens is 2. The number of anilines is 1. The minimum atomic E-state index is -0.348. The number of ether oxygens (including phenoxy) is 1. The zero-order valence-corrected chi connectivity index (χ0v) is 17.4. The maximum absolute atomic E-state index is 12.6. The average Bonchev–Trinajstić information content (AvgIpc) is 3.21. The zero-order valence-electron chi connectivity index (χ0n) is 14.9. The Kier molecular flexibility index (Phi) is 6.31. The summed E-state index contributed by atoms with van der Waals surface area (Å²) < 4.78 is 5.99. The van der Waals surface area contributed by atoms with Crippen molar-refractivity contribution in [3.05, 3.63) is 21.5 Å². The Morgan fingerprint density at radius 2 is 2.31 bits per heavy atom. The van der Waals surface area contributed by atoms with Crippen molar-refractivity contribution in [2.24, 2.45) is 5.92 Å². The number of carbonyl (C=O) groups is 2. The summed E-state index contributed by atoms with van der Waals surface area (Å²) in [5, 5.41) is 11.0. The number of esters is 1. The third kappa shape index (κ3) is 4.27. The molecule has 1 aliphatic rings. The van der Waals surface area contributed by atoms with Gasteiger partial charge in [-0.25, -0.2) is 4.79 Å². The maximum Gasteiger partial charge on any atom is 0.341 e. The molecule has 0 fully saturated rings. The van der Waals surface area contributed by atoms with Gasteiger partial charge in [-0.3, -0.25) is 4.79 Å². The number of fused-ring (bicyclic) bond motifs is 1. The zero-order chi connectivity index (χ0) is 18.7. The lowest BCUT2D eigenvalue weighted by atomic mass is 9.88. The Labute approximate surface area is 164 Å². The number of thiophene rings is 1. The number of thioether (sulfide) groups is 1. The maximum atomic E-state index is 12.6. The third-order valence-corrected chi connectivity index (χ3v) is 7.30. The second-order valence-corrected chi connectivity index (χ2v) is 9.76. The summed E-state index contributed by atoms with van der Waals surface area (Å²) in [6.07, 6.45) is 2.84. The van der Waals surface area contributed by atoms with Crippen LogP contribution in [0.15, 0.2) is 9.85 Å². The summed E-state index contributed by atoms with van der Waals surface area (Å²) in [6, 6.07) is 0. The third-order valence-electron chi connectivity index (χ3n) is 4.21. The Morgan fingerprint density at radius 3 is 3.00 bits per heavy atom. The number of rotatable bonds is 6. The van der Waals surface area contributed by atoms with E-state index in [0.717, 1.165) is 29.2 Å². The van der Waals surface area contributed by atoms with Gasteiger partial charge in [-0.2, -0.15) is 0 Å². The van der Waals surface area contributed by atoms with Crippen molar-refractivity contribution < 1.29 is 14.3 Å². The van der Waals surface area contributed by atoms with Crippen LogP contribution in [0.2, 0.25) is 0 Å². The number of carbonyl (C=O) groups excluding carboxylic acids is 2. The predicted molar refractivity (Wildman–Crippen MR) is 105 cm³/mol. The number of nitrogens with zero attached hydrogens (tertiary/aromatic N) is 2. The number of hydrogen-bond acceptors (Lipinski definition) is 8. The molecule has 0 aromatic carbocycles. The van der Waals surface area contributed by atoms with Gasteiger partial charge in [0.2, 0.25) is 5.91 Å². The van der Waals surface area contributed by atoms with Crippen molar-refractivity contribution >= 4 is 51.3 Å². The minimum absolute atomic E-state index is 0.151. The molecule has 0 radical (unpaired) electrons. The molecule has 1 aliphatic carbocycles. The van der Waals surface area contributed by atoms with Gasteiger partial charge in [0, 0.05) is 4.88 Å². The summed E-state index contributed by atoms with van der Waals surface area (Å²) in [5.41, 5.74) is 3.23. The van der Waals surface area contributed by atoms with Gasteiger partial charge in [-0.1, -0.05) is 30.0 Å². The van der Waals surface area contributed by atoms with Crippen molar-refractivity contribution in [1.82, 2.24) is 10.2 Å². The van der Waals surface area contributed by atoms with E-state index in [1.807, 2.05) is 6.92 Å². The van der Waals surface area contributed by atoms with Crippen molar-refractivity contribution in [3.8, 4) is 0 Å². The van der Waals surface area contributed by atoms with E-state index in [1.165, 1.54) is 39.3 Å². The fraction of sp³-hybridized carbons (Fsp3) is 0.529. The lowest BCUT2D eigenvalue weighted by Crippen LogP contribution is -2.23. The molecule has 26 heavy (non-hydrogen) atoms. The first kappa shape index (κ1) is 19.3. The van der Waals surface area contributed by atoms with Crippen molar-refractivity contribution in [2.75, 3.05) is 11.9 Å². The number of amides is 1. The van der Waals surface area contributed by atoms with Crippen LogP contribution in [0.1, 0.15) is 48.0 Å². The molecule has 0 saturated heterocycles. The van der Waals surface area contributed by atoms with Crippen molar-refractivity contribution in [3.63, 3.8) is 0 Å². The second-order valence-electron chi connectivity index (χ2n) is 6.23. The molecule has 0 bridgehead atoms. The predicted octanol–water partition coefficient (Wildman–Crippen LogP) is 4.02. The van der Waals surface area contributed by atoms with Crippen molar-refractivity contribution in [1.29, 1.82) is 0 Å². The summed E-state index contributed by atoms with van der Waals surface area (Å²) in [7, 11) is 0. The van der Waals surface area contributed by atoms with Crippen LogP contribution < -0.4 is 5.32 Å². The standard InChI is InChI=1S/C17H21N3O3S3/c1-4-23-16(22)13-11-6-5-9(2)7-12(11)26-15(13)19-14(21)10(3)25-17-20-18-8-24-17/h8-10H,4-7H2,1-3H3,(H,19,21)/t9-,10-/m0/s1. The molecular weight excluding hydrogens is 390 g/mol. The lowest BCUT2D eigenvalue weighted by Gasteiger charge is -2.18. The van der Waals surface area contributed by atoms with Crippen LogP contribution >= 0.6 is 34.4 Å². The average molecular weight is 412 g/mol.